The molecule has 1 heterocycles. The molecule has 0 spiro atoms. The van der Waals surface area contributed by atoms with Crippen LogP contribution in [0.1, 0.15) is 29.9 Å². The fourth-order valence-electron chi connectivity index (χ4n) is 4.76. The van der Waals surface area contributed by atoms with Crippen LogP contribution in [0.3, 0.4) is 0 Å². The van der Waals surface area contributed by atoms with Gasteiger partial charge in [0, 0.05) is 18.1 Å². The molecule has 0 N–H and O–H groups in total. The third kappa shape index (κ3) is 3.24. The molecule has 2 bridgehead atoms. The van der Waals surface area contributed by atoms with Crippen LogP contribution < -0.4 is 14.2 Å². The van der Waals surface area contributed by atoms with Gasteiger partial charge in [0.2, 0.25) is 11.7 Å². The summed E-state index contributed by atoms with van der Waals surface area (Å²) in [6, 6.07) is 6.13. The van der Waals surface area contributed by atoms with Gasteiger partial charge in [0.25, 0.3) is 15.7 Å². The number of rotatable bonds is 6. The van der Waals surface area contributed by atoms with Crippen LogP contribution in [0, 0.1) is 10.1 Å². The lowest BCUT2D eigenvalue weighted by Gasteiger charge is -2.43. The molecule has 0 radical (unpaired) electrons. The summed E-state index contributed by atoms with van der Waals surface area (Å²) in [6.45, 7) is 0. The number of para-hydroxylation sites is 1. The molecule has 4 rings (SSSR count). The lowest BCUT2D eigenvalue weighted by Crippen LogP contribution is -2.52. The molecule has 0 saturated carbocycles. The first-order valence-corrected chi connectivity index (χ1v) is 11.3. The van der Waals surface area contributed by atoms with Gasteiger partial charge in [0.1, 0.15) is 0 Å². The molecule has 1 amide bonds. The lowest BCUT2D eigenvalue weighted by molar-refractivity contribution is -0.387. The summed E-state index contributed by atoms with van der Waals surface area (Å²) < 4.78 is 44.1. The number of hydrogen-bond acceptors (Lipinski definition) is 8. The number of benzene rings is 2. The number of fused-ring (bicyclic) bond motifs is 4. The largest absolute Gasteiger partial charge is 0.493 e. The van der Waals surface area contributed by atoms with Crippen LogP contribution >= 0.6 is 0 Å². The zero-order chi connectivity index (χ0) is 23.2. The van der Waals surface area contributed by atoms with Crippen molar-refractivity contribution in [2.75, 3.05) is 21.3 Å². The minimum absolute atomic E-state index is 0.0742. The maximum atomic E-state index is 13.4. The van der Waals surface area contributed by atoms with Crippen molar-refractivity contribution in [3.63, 3.8) is 0 Å². The Hall–Kier alpha value is -3.34. The molecule has 1 saturated heterocycles. The Balaban J connectivity index is 1.82. The van der Waals surface area contributed by atoms with Crippen LogP contribution in [0.2, 0.25) is 0 Å². The van der Waals surface area contributed by atoms with Gasteiger partial charge >= 0.3 is 0 Å². The first-order chi connectivity index (χ1) is 15.2. The molecule has 1 aliphatic carbocycles. The Labute approximate surface area is 184 Å². The van der Waals surface area contributed by atoms with Gasteiger partial charge < -0.3 is 14.2 Å². The van der Waals surface area contributed by atoms with E-state index in [1.807, 2.05) is 0 Å². The van der Waals surface area contributed by atoms with Crippen molar-refractivity contribution in [1.29, 1.82) is 0 Å². The standard InChI is InChI=1S/C21H22N2O8S/c1-29-16-10-12-8-14-9-13(19(12)21(31-3)20(16)30-2)11-18(24)22(14)32(27,28)17-7-5-4-6-15(17)23(25)26/h4-7,10,13-14H,8-9,11H2,1-3H3/t13-,14+/m0/s1. The van der Waals surface area contributed by atoms with Crippen molar-refractivity contribution in [3.05, 3.63) is 51.6 Å². The smallest absolute Gasteiger partial charge is 0.289 e. The normalized spacial score (nSPS) is 19.8. The van der Waals surface area contributed by atoms with Crippen LogP contribution in [-0.2, 0) is 21.2 Å². The molecule has 2 aliphatic rings. The second-order valence-corrected chi connectivity index (χ2v) is 9.42. The molecule has 170 valence electrons. The lowest BCUT2D eigenvalue weighted by atomic mass is 9.75. The molecule has 10 nitrogen and oxygen atoms in total. The highest BCUT2D eigenvalue weighted by Crippen LogP contribution is 2.52. The zero-order valence-electron chi connectivity index (χ0n) is 17.7. The van der Waals surface area contributed by atoms with E-state index in [0.29, 0.717) is 23.7 Å². The van der Waals surface area contributed by atoms with E-state index < -0.39 is 37.5 Å². The Kier molecular flexibility index (Phi) is 5.45. The minimum Gasteiger partial charge on any atom is -0.493 e. The number of sulfonamides is 1. The number of amides is 1. The van der Waals surface area contributed by atoms with Crippen molar-refractivity contribution in [2.24, 2.45) is 0 Å². The van der Waals surface area contributed by atoms with E-state index in [1.54, 1.807) is 6.07 Å². The Morgan fingerprint density at radius 2 is 1.75 bits per heavy atom. The minimum atomic E-state index is -4.43. The molecular formula is C21H22N2O8S. The summed E-state index contributed by atoms with van der Waals surface area (Å²) in [5, 5.41) is 11.4. The van der Waals surface area contributed by atoms with Crippen LogP contribution in [0.15, 0.2) is 35.2 Å². The molecule has 0 unspecified atom stereocenters. The van der Waals surface area contributed by atoms with E-state index in [2.05, 4.69) is 0 Å². The van der Waals surface area contributed by atoms with Gasteiger partial charge in [-0.25, -0.2) is 12.7 Å². The maximum Gasteiger partial charge on any atom is 0.289 e. The fourth-order valence-corrected chi connectivity index (χ4v) is 6.52. The summed E-state index contributed by atoms with van der Waals surface area (Å²) in [7, 11) is 0.0499. The second kappa shape index (κ2) is 7.97. The van der Waals surface area contributed by atoms with Crippen molar-refractivity contribution in [2.45, 2.75) is 36.1 Å². The van der Waals surface area contributed by atoms with E-state index in [-0.39, 0.29) is 18.8 Å². The number of methoxy groups -OCH3 is 3. The Bertz CT molecular complexity index is 1210. The number of carbonyl (C=O) groups is 1. The zero-order valence-corrected chi connectivity index (χ0v) is 18.5. The number of hydrogen-bond donors (Lipinski definition) is 0. The summed E-state index contributed by atoms with van der Waals surface area (Å²) in [4.78, 5) is 23.2. The van der Waals surface area contributed by atoms with E-state index >= 15 is 0 Å². The molecule has 2 aromatic rings. The first kappa shape index (κ1) is 21.9. The number of nitro groups is 1. The number of carbonyl (C=O) groups excluding carboxylic acids is 1. The molecular weight excluding hydrogens is 440 g/mol. The number of nitro benzene ring substituents is 1. The van der Waals surface area contributed by atoms with Crippen molar-refractivity contribution < 1.29 is 32.3 Å². The SMILES string of the molecule is COc1cc2c(c(OC)c1OC)[C@@H]1CC(=O)N(S(=O)(=O)c3ccccc3[N+](=O)[O-])[C@H](C2)C1. The summed E-state index contributed by atoms with van der Waals surface area (Å²) >= 11 is 0. The van der Waals surface area contributed by atoms with Gasteiger partial charge in [-0.15, -0.1) is 0 Å². The molecule has 11 heteroatoms. The summed E-state index contributed by atoms with van der Waals surface area (Å²) in [5.41, 5.74) is 1.03. The molecule has 2 atom stereocenters. The van der Waals surface area contributed by atoms with Crippen LogP contribution in [-0.4, -0.2) is 50.9 Å². The molecule has 0 aromatic heterocycles. The van der Waals surface area contributed by atoms with E-state index in [0.717, 1.165) is 27.6 Å². The first-order valence-electron chi connectivity index (χ1n) is 9.87. The topological polar surface area (TPSA) is 125 Å². The van der Waals surface area contributed by atoms with Crippen molar-refractivity contribution in [1.82, 2.24) is 4.31 Å². The van der Waals surface area contributed by atoms with Gasteiger partial charge in [-0.2, -0.15) is 0 Å². The Morgan fingerprint density at radius 1 is 1.06 bits per heavy atom. The van der Waals surface area contributed by atoms with Gasteiger partial charge in [-0.1, -0.05) is 12.1 Å². The predicted molar refractivity (Wildman–Crippen MR) is 113 cm³/mol. The average Bonchev–Trinajstić information content (AvgIpc) is 2.77. The molecule has 32 heavy (non-hydrogen) atoms. The number of ether oxygens (including phenoxy) is 3. The molecule has 1 aliphatic heterocycles. The van der Waals surface area contributed by atoms with E-state index in [9.17, 15) is 23.3 Å². The molecule has 1 fully saturated rings. The summed E-state index contributed by atoms with van der Waals surface area (Å²) in [6.07, 6.45) is 0.536. The highest BCUT2D eigenvalue weighted by Gasteiger charge is 2.48. The third-order valence-electron chi connectivity index (χ3n) is 5.97. The second-order valence-electron chi connectivity index (χ2n) is 7.63. The van der Waals surface area contributed by atoms with E-state index in [1.165, 1.54) is 33.5 Å². The highest BCUT2D eigenvalue weighted by molar-refractivity contribution is 7.89. The van der Waals surface area contributed by atoms with Crippen LogP contribution in [0.5, 0.6) is 17.2 Å². The maximum absolute atomic E-state index is 13.4. The average molecular weight is 462 g/mol. The Morgan fingerprint density at radius 3 is 2.38 bits per heavy atom. The summed E-state index contributed by atoms with van der Waals surface area (Å²) in [5.74, 6) is 0.431. The monoisotopic (exact) mass is 462 g/mol. The number of nitrogens with zero attached hydrogens (tertiary/aromatic N) is 2. The predicted octanol–water partition coefficient (Wildman–Crippen LogP) is 2.64. The third-order valence-corrected chi connectivity index (χ3v) is 7.89. The van der Waals surface area contributed by atoms with Crippen molar-refractivity contribution in [3.8, 4) is 17.2 Å². The molecule has 2 aromatic carbocycles. The van der Waals surface area contributed by atoms with E-state index in [4.69, 9.17) is 14.2 Å². The van der Waals surface area contributed by atoms with Gasteiger partial charge in [0.15, 0.2) is 16.4 Å². The van der Waals surface area contributed by atoms with Crippen molar-refractivity contribution >= 4 is 21.6 Å². The van der Waals surface area contributed by atoms with Crippen LogP contribution in [0.25, 0.3) is 0 Å². The van der Waals surface area contributed by atoms with Gasteiger partial charge in [-0.3, -0.25) is 14.9 Å². The highest BCUT2D eigenvalue weighted by atomic mass is 32.2. The fraction of sp³-hybridized carbons (Fsp3) is 0.381. The van der Waals surface area contributed by atoms with Crippen LogP contribution in [0.4, 0.5) is 5.69 Å². The van der Waals surface area contributed by atoms with Gasteiger partial charge in [-0.05, 0) is 36.5 Å². The number of piperidine rings is 1. The van der Waals surface area contributed by atoms with Gasteiger partial charge in [0.05, 0.1) is 32.3 Å². The quantitative estimate of drug-likeness (QED) is 0.474.